The minimum Gasteiger partial charge on any atom is -0.368 e. The van der Waals surface area contributed by atoms with E-state index in [2.05, 4.69) is 33.1 Å². The second-order valence-electron chi connectivity index (χ2n) is 10.3. The highest BCUT2D eigenvalue weighted by Crippen LogP contribution is 2.29. The summed E-state index contributed by atoms with van der Waals surface area (Å²) < 4.78 is 1.81. The van der Waals surface area contributed by atoms with E-state index < -0.39 is 11.7 Å². The molecule has 6 rings (SSSR count). The highest BCUT2D eigenvalue weighted by atomic mass is 16.2. The Balaban J connectivity index is 1.16. The van der Waals surface area contributed by atoms with Crippen molar-refractivity contribution < 1.29 is 9.59 Å². The third kappa shape index (κ3) is 5.06. The Morgan fingerprint density at radius 3 is 2.23 bits per heavy atom. The average molecular weight is 530 g/mol. The number of fused-ring (bicyclic) bond motifs is 1. The molecule has 7 heteroatoms. The lowest BCUT2D eigenvalue weighted by atomic mass is 10.0. The average Bonchev–Trinajstić information content (AvgIpc) is 3.36. The van der Waals surface area contributed by atoms with E-state index in [9.17, 15) is 9.59 Å². The summed E-state index contributed by atoms with van der Waals surface area (Å²) in [4.78, 5) is 35.9. The number of nitrogens with one attached hydrogen (secondary N) is 1. The van der Waals surface area contributed by atoms with Crippen molar-refractivity contribution >= 4 is 34.4 Å². The molecule has 200 valence electrons. The van der Waals surface area contributed by atoms with Gasteiger partial charge in [-0.05, 0) is 79.1 Å². The zero-order valence-corrected chi connectivity index (χ0v) is 22.7. The molecule has 1 saturated heterocycles. The standard InChI is InChI=1S/C33H31N5O2/c1-23-14-15-34-30(20-23)37-18-16-36(17-19-37)27-12-9-26(10-13-27)35-33(40)32(39)31-29(25-6-4-3-5-7-25)21-28-11-8-24(2)22-38(28)31/h3-15,20-22H,16-19H2,1-2H3,(H,35,40). The van der Waals surface area contributed by atoms with Crippen LogP contribution >= 0.6 is 0 Å². The first-order valence-corrected chi connectivity index (χ1v) is 13.5. The van der Waals surface area contributed by atoms with Gasteiger partial charge in [-0.15, -0.1) is 0 Å². The normalized spacial score (nSPS) is 13.4. The van der Waals surface area contributed by atoms with Crippen molar-refractivity contribution in [3.63, 3.8) is 0 Å². The lowest BCUT2D eigenvalue weighted by Gasteiger charge is -2.36. The predicted molar refractivity (Wildman–Crippen MR) is 160 cm³/mol. The molecule has 1 N–H and O–H groups in total. The lowest BCUT2D eigenvalue weighted by molar-refractivity contribution is -0.112. The summed E-state index contributed by atoms with van der Waals surface area (Å²) in [5.41, 5.74) is 6.74. The minimum atomic E-state index is -0.661. The molecule has 0 unspecified atom stereocenters. The van der Waals surface area contributed by atoms with Gasteiger partial charge in [0.05, 0.1) is 0 Å². The van der Waals surface area contributed by atoms with Crippen LogP contribution in [0.1, 0.15) is 21.6 Å². The number of Topliss-reactive ketones (excluding diaryl/α,β-unsaturated/α-hetero) is 1. The Morgan fingerprint density at radius 1 is 0.775 bits per heavy atom. The topological polar surface area (TPSA) is 70.0 Å². The summed E-state index contributed by atoms with van der Waals surface area (Å²) in [6.07, 6.45) is 3.75. The maximum atomic E-state index is 13.6. The van der Waals surface area contributed by atoms with Crippen molar-refractivity contribution in [3.8, 4) is 11.1 Å². The van der Waals surface area contributed by atoms with Gasteiger partial charge in [-0.2, -0.15) is 0 Å². The van der Waals surface area contributed by atoms with Crippen molar-refractivity contribution in [2.45, 2.75) is 13.8 Å². The summed E-state index contributed by atoms with van der Waals surface area (Å²) in [5.74, 6) is -0.219. The molecule has 1 amide bonds. The van der Waals surface area contributed by atoms with Gasteiger partial charge in [-0.1, -0.05) is 36.4 Å². The first kappa shape index (κ1) is 25.4. The molecular weight excluding hydrogens is 498 g/mol. The first-order valence-electron chi connectivity index (χ1n) is 13.5. The van der Waals surface area contributed by atoms with Gasteiger partial charge in [0.15, 0.2) is 0 Å². The monoisotopic (exact) mass is 529 g/mol. The lowest BCUT2D eigenvalue weighted by Crippen LogP contribution is -2.46. The van der Waals surface area contributed by atoms with E-state index in [4.69, 9.17) is 0 Å². The van der Waals surface area contributed by atoms with E-state index in [1.54, 1.807) is 0 Å². The van der Waals surface area contributed by atoms with E-state index in [1.807, 2.05) is 103 Å². The molecule has 0 radical (unpaired) electrons. The second kappa shape index (κ2) is 10.7. The molecule has 2 aromatic carbocycles. The van der Waals surface area contributed by atoms with Crippen LogP contribution in [0.5, 0.6) is 0 Å². The number of ketones is 1. The number of carbonyl (C=O) groups is 2. The van der Waals surface area contributed by atoms with Crippen LogP contribution in [-0.4, -0.2) is 47.3 Å². The number of pyridine rings is 2. The van der Waals surface area contributed by atoms with Crippen molar-refractivity contribution in [3.05, 3.63) is 114 Å². The quantitative estimate of drug-likeness (QED) is 0.224. The Morgan fingerprint density at radius 2 is 1.50 bits per heavy atom. The van der Waals surface area contributed by atoms with Gasteiger partial charge in [0, 0.05) is 61.0 Å². The molecular formula is C33H31N5O2. The summed E-state index contributed by atoms with van der Waals surface area (Å²) in [6, 6.07) is 27.4. The van der Waals surface area contributed by atoms with Crippen LogP contribution in [0.25, 0.3) is 16.6 Å². The maximum absolute atomic E-state index is 13.6. The van der Waals surface area contributed by atoms with Gasteiger partial charge in [-0.3, -0.25) is 9.59 Å². The number of amides is 1. The van der Waals surface area contributed by atoms with Crippen LogP contribution < -0.4 is 15.1 Å². The molecule has 4 heterocycles. The fraction of sp³-hybridized carbons (Fsp3) is 0.182. The number of hydrogen-bond acceptors (Lipinski definition) is 5. The molecule has 1 fully saturated rings. The van der Waals surface area contributed by atoms with Gasteiger partial charge in [0.2, 0.25) is 0 Å². The number of rotatable bonds is 6. The number of aromatic nitrogens is 2. The van der Waals surface area contributed by atoms with Crippen LogP contribution in [-0.2, 0) is 4.79 Å². The van der Waals surface area contributed by atoms with Gasteiger partial charge >= 0.3 is 0 Å². The van der Waals surface area contributed by atoms with Crippen molar-refractivity contribution in [2.75, 3.05) is 41.3 Å². The van der Waals surface area contributed by atoms with Gasteiger partial charge in [-0.25, -0.2) is 4.98 Å². The van der Waals surface area contributed by atoms with Crippen molar-refractivity contribution in [2.24, 2.45) is 0 Å². The van der Waals surface area contributed by atoms with E-state index in [1.165, 1.54) is 5.56 Å². The number of nitrogens with zero attached hydrogens (tertiary/aromatic N) is 4. The number of hydrogen-bond donors (Lipinski definition) is 1. The Kier molecular flexibility index (Phi) is 6.78. The zero-order valence-electron chi connectivity index (χ0n) is 22.7. The van der Waals surface area contributed by atoms with E-state index in [0.29, 0.717) is 11.4 Å². The highest BCUT2D eigenvalue weighted by Gasteiger charge is 2.25. The number of benzene rings is 2. The Labute approximate surface area is 233 Å². The van der Waals surface area contributed by atoms with E-state index in [0.717, 1.165) is 59.9 Å². The number of aryl methyl sites for hydroxylation is 2. The molecule has 1 aliphatic heterocycles. The highest BCUT2D eigenvalue weighted by molar-refractivity contribution is 6.47. The van der Waals surface area contributed by atoms with Crippen LogP contribution in [0.15, 0.2) is 97.3 Å². The molecule has 0 aliphatic carbocycles. The maximum Gasteiger partial charge on any atom is 0.298 e. The molecule has 0 atom stereocenters. The molecule has 5 aromatic rings. The van der Waals surface area contributed by atoms with Crippen LogP contribution in [0.2, 0.25) is 0 Å². The number of piperazine rings is 1. The van der Waals surface area contributed by atoms with E-state index >= 15 is 0 Å². The summed E-state index contributed by atoms with van der Waals surface area (Å²) in [5, 5.41) is 2.82. The molecule has 0 bridgehead atoms. The molecule has 40 heavy (non-hydrogen) atoms. The van der Waals surface area contributed by atoms with Crippen molar-refractivity contribution in [1.29, 1.82) is 0 Å². The fourth-order valence-corrected chi connectivity index (χ4v) is 5.28. The molecule has 3 aromatic heterocycles. The van der Waals surface area contributed by atoms with Crippen molar-refractivity contribution in [1.82, 2.24) is 9.38 Å². The number of anilines is 3. The van der Waals surface area contributed by atoms with Crippen LogP contribution in [0.3, 0.4) is 0 Å². The first-order chi connectivity index (χ1) is 19.5. The number of carbonyl (C=O) groups excluding carboxylic acids is 2. The van der Waals surface area contributed by atoms with E-state index in [-0.39, 0.29) is 0 Å². The summed E-state index contributed by atoms with van der Waals surface area (Å²) in [6.45, 7) is 7.58. The molecule has 1 aliphatic rings. The Bertz CT molecular complexity index is 1680. The van der Waals surface area contributed by atoms with Crippen LogP contribution in [0, 0.1) is 13.8 Å². The summed E-state index contributed by atoms with van der Waals surface area (Å²) >= 11 is 0. The molecule has 0 spiro atoms. The minimum absolute atomic E-state index is 0.361. The fourth-order valence-electron chi connectivity index (χ4n) is 5.28. The summed E-state index contributed by atoms with van der Waals surface area (Å²) in [7, 11) is 0. The largest absolute Gasteiger partial charge is 0.368 e. The molecule has 0 saturated carbocycles. The predicted octanol–water partition coefficient (Wildman–Crippen LogP) is 5.77. The zero-order chi connectivity index (χ0) is 27.6. The van der Waals surface area contributed by atoms with Gasteiger partial charge < -0.3 is 19.5 Å². The van der Waals surface area contributed by atoms with Gasteiger partial charge in [0.1, 0.15) is 11.5 Å². The SMILES string of the molecule is Cc1ccnc(N2CCN(c3ccc(NC(=O)C(=O)c4c(-c5ccccc5)cc5ccc(C)cn45)cc3)CC2)c1. The molecule has 7 nitrogen and oxygen atoms in total. The third-order valence-electron chi connectivity index (χ3n) is 7.42. The van der Waals surface area contributed by atoms with Gasteiger partial charge in [0.25, 0.3) is 11.7 Å². The Hall–Kier alpha value is -4.91. The van der Waals surface area contributed by atoms with Crippen LogP contribution in [0.4, 0.5) is 17.2 Å². The second-order valence-corrected chi connectivity index (χ2v) is 10.3. The smallest absolute Gasteiger partial charge is 0.298 e. The third-order valence-corrected chi connectivity index (χ3v) is 7.42.